The molecule has 1 aromatic rings. The molecule has 0 unspecified atom stereocenters. The summed E-state index contributed by atoms with van der Waals surface area (Å²) in [5, 5.41) is 14.9. The van der Waals surface area contributed by atoms with Gasteiger partial charge >= 0.3 is 17.8 Å². The van der Waals surface area contributed by atoms with E-state index >= 15 is 0 Å². The van der Waals surface area contributed by atoms with Crippen molar-refractivity contribution in [1.29, 1.82) is 0 Å². The van der Waals surface area contributed by atoms with E-state index in [0.29, 0.717) is 12.1 Å². The number of nitrogens with one attached hydrogen (secondary N) is 2. The molecule has 0 aliphatic rings. The van der Waals surface area contributed by atoms with E-state index < -0.39 is 24.4 Å². The summed E-state index contributed by atoms with van der Waals surface area (Å²) in [6.45, 7) is 3.70. The van der Waals surface area contributed by atoms with Crippen molar-refractivity contribution >= 4 is 35.6 Å². The van der Waals surface area contributed by atoms with E-state index in [9.17, 15) is 14.4 Å². The predicted octanol–water partition coefficient (Wildman–Crippen LogP) is 1.03. The topological polar surface area (TPSA) is 117 Å². The molecule has 0 saturated carbocycles. The van der Waals surface area contributed by atoms with Gasteiger partial charge in [-0.1, -0.05) is 25.4 Å². The Balaban J connectivity index is 2.55. The molecule has 8 nitrogen and oxygen atoms in total. The number of amides is 2. The summed E-state index contributed by atoms with van der Waals surface area (Å²) in [6.07, 6.45) is 1.29. The van der Waals surface area contributed by atoms with Crippen LogP contribution in [-0.2, 0) is 14.4 Å². The van der Waals surface area contributed by atoms with Gasteiger partial charge in [-0.05, 0) is 29.7 Å². The minimum absolute atomic E-state index is 0.196. The Morgan fingerprint density at radius 3 is 2.62 bits per heavy atom. The molecule has 0 bridgehead atoms. The first-order valence-electron chi connectivity index (χ1n) is 7.05. The first-order valence-corrected chi connectivity index (χ1v) is 7.42. The van der Waals surface area contributed by atoms with E-state index in [1.54, 1.807) is 6.07 Å². The van der Waals surface area contributed by atoms with E-state index in [1.807, 2.05) is 13.8 Å². The second kappa shape index (κ2) is 9.51. The Bertz CT molecular complexity index is 646. The molecule has 0 saturated heterocycles. The standard InChI is InChI=1S/C15H18ClN3O5/c1-9(2)6-17-14(22)15(23)19-18-7-10-3-4-12(11(16)5-10)24-8-13(20)21/h3-5,7,9H,6,8H2,1-2H3,(H,17,22)(H,19,23)(H,20,21)/b18-7-. The summed E-state index contributed by atoms with van der Waals surface area (Å²) < 4.78 is 4.97. The van der Waals surface area contributed by atoms with Gasteiger partial charge in [0, 0.05) is 6.54 Å². The highest BCUT2D eigenvalue weighted by Gasteiger charge is 2.12. The maximum Gasteiger partial charge on any atom is 0.341 e. The van der Waals surface area contributed by atoms with Crippen LogP contribution in [0.25, 0.3) is 0 Å². The molecule has 0 atom stereocenters. The first-order chi connectivity index (χ1) is 11.3. The fourth-order valence-electron chi connectivity index (χ4n) is 1.45. The summed E-state index contributed by atoms with van der Waals surface area (Å²) in [5.41, 5.74) is 2.63. The number of benzene rings is 1. The Labute approximate surface area is 143 Å². The van der Waals surface area contributed by atoms with E-state index in [0.717, 1.165) is 0 Å². The number of nitrogens with zero attached hydrogens (tertiary/aromatic N) is 1. The van der Waals surface area contributed by atoms with E-state index in [1.165, 1.54) is 18.3 Å². The molecule has 0 aliphatic heterocycles. The van der Waals surface area contributed by atoms with Crippen LogP contribution in [0.3, 0.4) is 0 Å². The van der Waals surface area contributed by atoms with Crippen LogP contribution in [0.2, 0.25) is 5.02 Å². The molecule has 0 spiro atoms. The number of carbonyl (C=O) groups is 3. The molecule has 0 aromatic heterocycles. The largest absolute Gasteiger partial charge is 0.480 e. The van der Waals surface area contributed by atoms with Crippen LogP contribution in [0.1, 0.15) is 19.4 Å². The molecular formula is C15H18ClN3O5. The van der Waals surface area contributed by atoms with Crippen LogP contribution in [0.15, 0.2) is 23.3 Å². The van der Waals surface area contributed by atoms with Crippen LogP contribution in [0.4, 0.5) is 0 Å². The zero-order valence-electron chi connectivity index (χ0n) is 13.2. The van der Waals surface area contributed by atoms with Gasteiger partial charge in [-0.3, -0.25) is 9.59 Å². The van der Waals surface area contributed by atoms with E-state index in [4.69, 9.17) is 21.4 Å². The van der Waals surface area contributed by atoms with Gasteiger partial charge in [-0.15, -0.1) is 0 Å². The Morgan fingerprint density at radius 2 is 2.04 bits per heavy atom. The monoisotopic (exact) mass is 355 g/mol. The molecule has 1 aromatic carbocycles. The smallest absolute Gasteiger partial charge is 0.341 e. The first kappa shape index (κ1) is 19.4. The molecule has 1 rings (SSSR count). The number of hydrogen-bond acceptors (Lipinski definition) is 5. The number of ether oxygens (including phenoxy) is 1. The van der Waals surface area contributed by atoms with Crippen molar-refractivity contribution in [1.82, 2.24) is 10.7 Å². The van der Waals surface area contributed by atoms with Crippen LogP contribution < -0.4 is 15.5 Å². The minimum atomic E-state index is -1.12. The second-order valence-electron chi connectivity index (χ2n) is 5.18. The number of hydrogen-bond donors (Lipinski definition) is 3. The summed E-state index contributed by atoms with van der Waals surface area (Å²) in [4.78, 5) is 33.3. The molecule has 130 valence electrons. The Hall–Kier alpha value is -2.61. The second-order valence-corrected chi connectivity index (χ2v) is 5.58. The van der Waals surface area contributed by atoms with Crippen molar-refractivity contribution in [2.45, 2.75) is 13.8 Å². The number of hydrazone groups is 1. The van der Waals surface area contributed by atoms with Crippen molar-refractivity contribution in [2.24, 2.45) is 11.0 Å². The van der Waals surface area contributed by atoms with Crippen molar-refractivity contribution < 1.29 is 24.2 Å². The predicted molar refractivity (Wildman–Crippen MR) is 88.2 cm³/mol. The highest BCUT2D eigenvalue weighted by Crippen LogP contribution is 2.24. The highest BCUT2D eigenvalue weighted by atomic mass is 35.5. The SMILES string of the molecule is CC(C)CNC(=O)C(=O)N/N=C\c1ccc(OCC(=O)O)c(Cl)c1. The zero-order chi connectivity index (χ0) is 18.1. The van der Waals surface area contributed by atoms with Gasteiger partial charge in [-0.25, -0.2) is 10.2 Å². The molecule has 0 heterocycles. The van der Waals surface area contributed by atoms with Gasteiger partial charge in [0.05, 0.1) is 11.2 Å². The van der Waals surface area contributed by atoms with Gasteiger partial charge in [0.2, 0.25) is 0 Å². The number of halogens is 1. The van der Waals surface area contributed by atoms with Crippen LogP contribution in [0.5, 0.6) is 5.75 Å². The molecule has 0 fully saturated rings. The summed E-state index contributed by atoms with van der Waals surface area (Å²) in [6, 6.07) is 4.52. The zero-order valence-corrected chi connectivity index (χ0v) is 14.0. The van der Waals surface area contributed by atoms with Gasteiger partial charge in [0.15, 0.2) is 6.61 Å². The molecule has 3 N–H and O–H groups in total. The van der Waals surface area contributed by atoms with Crippen molar-refractivity contribution in [2.75, 3.05) is 13.2 Å². The Kier molecular flexibility index (Phi) is 7.70. The average Bonchev–Trinajstić information content (AvgIpc) is 2.51. The quantitative estimate of drug-likeness (QED) is 0.383. The van der Waals surface area contributed by atoms with Crippen molar-refractivity contribution in [3.05, 3.63) is 28.8 Å². The molecular weight excluding hydrogens is 338 g/mol. The van der Waals surface area contributed by atoms with E-state index in [2.05, 4.69) is 15.8 Å². The summed E-state index contributed by atoms with van der Waals surface area (Å²) in [5.74, 6) is -2.31. The van der Waals surface area contributed by atoms with Crippen LogP contribution >= 0.6 is 11.6 Å². The number of carboxylic acid groups (broad SMARTS) is 1. The van der Waals surface area contributed by atoms with E-state index in [-0.39, 0.29) is 16.7 Å². The molecule has 0 aliphatic carbocycles. The van der Waals surface area contributed by atoms with Gasteiger partial charge in [0.25, 0.3) is 0 Å². The van der Waals surface area contributed by atoms with Gasteiger partial charge in [0.1, 0.15) is 5.75 Å². The summed E-state index contributed by atoms with van der Waals surface area (Å²) >= 11 is 5.94. The summed E-state index contributed by atoms with van der Waals surface area (Å²) in [7, 11) is 0. The highest BCUT2D eigenvalue weighted by molar-refractivity contribution is 6.35. The fourth-order valence-corrected chi connectivity index (χ4v) is 1.69. The normalized spacial score (nSPS) is 10.7. The number of carbonyl (C=O) groups excluding carboxylic acids is 2. The third-order valence-corrected chi connectivity index (χ3v) is 2.86. The lowest BCUT2D eigenvalue weighted by molar-refractivity contribution is -0.139. The molecule has 9 heteroatoms. The lowest BCUT2D eigenvalue weighted by Crippen LogP contribution is -2.39. The number of rotatable bonds is 7. The minimum Gasteiger partial charge on any atom is -0.480 e. The average molecular weight is 356 g/mol. The lowest BCUT2D eigenvalue weighted by Gasteiger charge is -2.06. The fraction of sp³-hybridized carbons (Fsp3) is 0.333. The van der Waals surface area contributed by atoms with Crippen molar-refractivity contribution in [3.8, 4) is 5.75 Å². The van der Waals surface area contributed by atoms with Gasteiger partial charge < -0.3 is 15.2 Å². The number of aliphatic carboxylic acids is 1. The maximum absolute atomic E-state index is 11.5. The van der Waals surface area contributed by atoms with Crippen molar-refractivity contribution in [3.63, 3.8) is 0 Å². The van der Waals surface area contributed by atoms with Crippen LogP contribution in [-0.4, -0.2) is 42.3 Å². The molecule has 2 amide bonds. The molecule has 0 radical (unpaired) electrons. The third-order valence-electron chi connectivity index (χ3n) is 2.56. The molecule has 24 heavy (non-hydrogen) atoms. The lowest BCUT2D eigenvalue weighted by atomic mass is 10.2. The van der Waals surface area contributed by atoms with Crippen LogP contribution in [0, 0.1) is 5.92 Å². The maximum atomic E-state index is 11.5. The van der Waals surface area contributed by atoms with Gasteiger partial charge in [-0.2, -0.15) is 5.10 Å². The third kappa shape index (κ3) is 7.10. The Morgan fingerprint density at radius 1 is 1.33 bits per heavy atom. The number of carboxylic acids is 1.